The van der Waals surface area contributed by atoms with Gasteiger partial charge < -0.3 is 5.73 Å². The highest BCUT2D eigenvalue weighted by molar-refractivity contribution is 7.91. The lowest BCUT2D eigenvalue weighted by atomic mass is 10.0. The molecular weight excluding hydrogens is 208 g/mol. The minimum absolute atomic E-state index is 0.0352. The van der Waals surface area contributed by atoms with Crippen molar-refractivity contribution in [3.8, 4) is 0 Å². The molecule has 1 fully saturated rings. The summed E-state index contributed by atoms with van der Waals surface area (Å²) in [6, 6.07) is 0. The quantitative estimate of drug-likeness (QED) is 0.726. The summed E-state index contributed by atoms with van der Waals surface area (Å²) in [6.07, 6.45) is 2.14. The molecule has 0 spiro atoms. The SMILES string of the molecule is NC1(c2nccs2)CCS(=O)(=O)C1. The molecule has 0 bridgehead atoms. The van der Waals surface area contributed by atoms with Crippen LogP contribution in [0.1, 0.15) is 11.4 Å². The fraction of sp³-hybridized carbons (Fsp3) is 0.571. The molecule has 6 heteroatoms. The van der Waals surface area contributed by atoms with Crippen LogP contribution in [0.25, 0.3) is 0 Å². The van der Waals surface area contributed by atoms with Crippen LogP contribution in [0.3, 0.4) is 0 Å². The molecule has 0 aliphatic carbocycles. The predicted molar refractivity (Wildman–Crippen MR) is 51.3 cm³/mol. The largest absolute Gasteiger partial charge is 0.319 e. The maximum atomic E-state index is 11.2. The summed E-state index contributed by atoms with van der Waals surface area (Å²) in [6.45, 7) is 0. The zero-order valence-electron chi connectivity index (χ0n) is 6.93. The maximum Gasteiger partial charge on any atom is 0.152 e. The molecule has 0 saturated carbocycles. The lowest BCUT2D eigenvalue weighted by molar-refractivity contribution is 0.503. The summed E-state index contributed by atoms with van der Waals surface area (Å²) >= 11 is 1.42. The number of rotatable bonds is 1. The molecule has 72 valence electrons. The van der Waals surface area contributed by atoms with Crippen molar-refractivity contribution >= 4 is 21.2 Å². The fourth-order valence-electron chi connectivity index (χ4n) is 1.51. The molecule has 2 heterocycles. The van der Waals surface area contributed by atoms with Crippen LogP contribution in [0.2, 0.25) is 0 Å². The Morgan fingerprint density at radius 1 is 1.62 bits per heavy atom. The third-order valence-electron chi connectivity index (χ3n) is 2.19. The Labute approximate surface area is 80.7 Å². The van der Waals surface area contributed by atoms with Crippen molar-refractivity contribution in [2.75, 3.05) is 11.5 Å². The first-order valence-corrected chi connectivity index (χ1v) is 6.61. The van der Waals surface area contributed by atoms with Crippen molar-refractivity contribution in [3.63, 3.8) is 0 Å². The summed E-state index contributed by atoms with van der Waals surface area (Å²) in [5.41, 5.74) is 5.24. The molecule has 1 aromatic heterocycles. The third kappa shape index (κ3) is 1.61. The zero-order chi connectivity index (χ0) is 9.53. The Morgan fingerprint density at radius 2 is 2.38 bits per heavy atom. The minimum atomic E-state index is -2.94. The normalized spacial score (nSPS) is 32.1. The topological polar surface area (TPSA) is 73.0 Å². The molecule has 0 radical (unpaired) electrons. The third-order valence-corrected chi connectivity index (χ3v) is 4.97. The molecule has 2 rings (SSSR count). The van der Waals surface area contributed by atoms with Gasteiger partial charge in [-0.25, -0.2) is 13.4 Å². The van der Waals surface area contributed by atoms with Gasteiger partial charge in [-0.1, -0.05) is 0 Å². The summed E-state index contributed by atoms with van der Waals surface area (Å²) < 4.78 is 22.5. The van der Waals surface area contributed by atoms with Gasteiger partial charge in [-0.05, 0) is 6.42 Å². The second-order valence-corrected chi connectivity index (χ2v) is 6.41. The summed E-state index contributed by atoms with van der Waals surface area (Å²) in [7, 11) is -2.94. The number of sulfone groups is 1. The molecule has 0 aromatic carbocycles. The first kappa shape index (κ1) is 9.11. The molecule has 1 aliphatic heterocycles. The van der Waals surface area contributed by atoms with Crippen molar-refractivity contribution in [2.24, 2.45) is 5.73 Å². The lowest BCUT2D eigenvalue weighted by Gasteiger charge is -2.17. The second-order valence-electron chi connectivity index (χ2n) is 3.34. The molecule has 1 atom stereocenters. The van der Waals surface area contributed by atoms with E-state index in [0.29, 0.717) is 6.42 Å². The summed E-state index contributed by atoms with van der Waals surface area (Å²) in [5.74, 6) is 0.219. The standard InChI is InChI=1S/C7H10N2O2S2/c8-7(6-9-2-3-12-6)1-4-13(10,11)5-7/h2-3H,1,4-5,8H2. The van der Waals surface area contributed by atoms with Crippen LogP contribution in [-0.2, 0) is 15.4 Å². The van der Waals surface area contributed by atoms with Gasteiger partial charge in [0.15, 0.2) is 9.84 Å². The Bertz CT molecular complexity index is 398. The predicted octanol–water partition coefficient (Wildman–Crippen LogP) is 0.116. The van der Waals surface area contributed by atoms with E-state index in [9.17, 15) is 8.42 Å². The van der Waals surface area contributed by atoms with Crippen molar-refractivity contribution in [1.82, 2.24) is 4.98 Å². The number of hydrogen-bond donors (Lipinski definition) is 1. The smallest absolute Gasteiger partial charge is 0.152 e. The first-order valence-electron chi connectivity index (χ1n) is 3.91. The van der Waals surface area contributed by atoms with Crippen molar-refractivity contribution in [2.45, 2.75) is 12.0 Å². The fourth-order valence-corrected chi connectivity index (χ4v) is 4.27. The van der Waals surface area contributed by atoms with E-state index in [1.807, 2.05) is 5.38 Å². The van der Waals surface area contributed by atoms with Crippen LogP contribution in [0.15, 0.2) is 11.6 Å². The molecule has 1 unspecified atom stereocenters. The Morgan fingerprint density at radius 3 is 2.85 bits per heavy atom. The Hall–Kier alpha value is -0.460. The number of nitrogens with two attached hydrogens (primary N) is 1. The van der Waals surface area contributed by atoms with E-state index >= 15 is 0 Å². The van der Waals surface area contributed by atoms with Gasteiger partial charge in [-0.15, -0.1) is 11.3 Å². The molecule has 1 aliphatic rings. The van der Waals surface area contributed by atoms with Gasteiger partial charge in [0.1, 0.15) is 5.01 Å². The maximum absolute atomic E-state index is 11.2. The van der Waals surface area contributed by atoms with Gasteiger partial charge in [-0.3, -0.25) is 0 Å². The molecule has 1 aromatic rings. The van der Waals surface area contributed by atoms with Crippen LogP contribution >= 0.6 is 11.3 Å². The van der Waals surface area contributed by atoms with Gasteiger partial charge >= 0.3 is 0 Å². The van der Waals surface area contributed by atoms with Crippen LogP contribution in [0.5, 0.6) is 0 Å². The van der Waals surface area contributed by atoms with E-state index in [-0.39, 0.29) is 11.5 Å². The van der Waals surface area contributed by atoms with Gasteiger partial charge in [0.05, 0.1) is 17.0 Å². The van der Waals surface area contributed by atoms with Gasteiger partial charge in [0, 0.05) is 11.6 Å². The van der Waals surface area contributed by atoms with E-state index in [2.05, 4.69) is 4.98 Å². The Balaban J connectivity index is 2.35. The van der Waals surface area contributed by atoms with Gasteiger partial charge in [-0.2, -0.15) is 0 Å². The van der Waals surface area contributed by atoms with Crippen LogP contribution in [0.4, 0.5) is 0 Å². The average Bonchev–Trinajstić information content (AvgIpc) is 2.58. The van der Waals surface area contributed by atoms with Crippen LogP contribution in [0, 0.1) is 0 Å². The van der Waals surface area contributed by atoms with E-state index in [0.717, 1.165) is 5.01 Å². The van der Waals surface area contributed by atoms with Gasteiger partial charge in [0.25, 0.3) is 0 Å². The van der Waals surface area contributed by atoms with Gasteiger partial charge in [0.2, 0.25) is 0 Å². The van der Waals surface area contributed by atoms with E-state index in [1.54, 1.807) is 6.20 Å². The van der Waals surface area contributed by atoms with Crippen LogP contribution < -0.4 is 5.73 Å². The monoisotopic (exact) mass is 218 g/mol. The highest BCUT2D eigenvalue weighted by Crippen LogP contribution is 2.31. The van der Waals surface area contributed by atoms with Crippen molar-refractivity contribution in [1.29, 1.82) is 0 Å². The highest BCUT2D eigenvalue weighted by Gasteiger charge is 2.42. The number of thiazole rings is 1. The number of aromatic nitrogens is 1. The second kappa shape index (κ2) is 2.76. The van der Waals surface area contributed by atoms with E-state index in [1.165, 1.54) is 11.3 Å². The molecule has 4 nitrogen and oxygen atoms in total. The zero-order valence-corrected chi connectivity index (χ0v) is 8.57. The van der Waals surface area contributed by atoms with Crippen LogP contribution in [-0.4, -0.2) is 24.9 Å². The van der Waals surface area contributed by atoms with E-state index in [4.69, 9.17) is 5.73 Å². The summed E-state index contributed by atoms with van der Waals surface area (Å²) in [5, 5.41) is 2.54. The van der Waals surface area contributed by atoms with Crippen molar-refractivity contribution < 1.29 is 8.42 Å². The molecule has 2 N–H and O–H groups in total. The molecule has 0 amide bonds. The molecular formula is C7H10N2O2S2. The number of nitrogens with zero attached hydrogens (tertiary/aromatic N) is 1. The molecule has 13 heavy (non-hydrogen) atoms. The minimum Gasteiger partial charge on any atom is -0.319 e. The summed E-state index contributed by atoms with van der Waals surface area (Å²) in [4.78, 5) is 4.06. The van der Waals surface area contributed by atoms with Crippen molar-refractivity contribution in [3.05, 3.63) is 16.6 Å². The van der Waals surface area contributed by atoms with E-state index < -0.39 is 15.4 Å². The first-order chi connectivity index (χ1) is 6.02. The molecule has 1 saturated heterocycles. The lowest BCUT2D eigenvalue weighted by Crippen LogP contribution is -2.37. The average molecular weight is 218 g/mol. The number of hydrogen-bond acceptors (Lipinski definition) is 5. The Kier molecular flexibility index (Phi) is 1.94. The highest BCUT2D eigenvalue weighted by atomic mass is 32.2.